The SMILES string of the molecule is Cc1nccc(CNC(=O)c2ccc(O)c(C)c2)n1. The van der Waals surface area contributed by atoms with Crippen molar-refractivity contribution in [1.29, 1.82) is 0 Å². The maximum absolute atomic E-state index is 11.9. The third-order valence-electron chi connectivity index (χ3n) is 2.72. The summed E-state index contributed by atoms with van der Waals surface area (Å²) in [5.74, 6) is 0.662. The first-order chi connectivity index (χ1) is 9.06. The molecular formula is C14H15N3O2. The van der Waals surface area contributed by atoms with Crippen molar-refractivity contribution in [3.05, 3.63) is 53.1 Å². The maximum atomic E-state index is 11.9. The number of aromatic hydroxyl groups is 1. The third kappa shape index (κ3) is 3.28. The summed E-state index contributed by atoms with van der Waals surface area (Å²) in [7, 11) is 0. The molecule has 0 fully saturated rings. The lowest BCUT2D eigenvalue weighted by Crippen LogP contribution is -2.23. The van der Waals surface area contributed by atoms with E-state index in [2.05, 4.69) is 15.3 Å². The van der Waals surface area contributed by atoms with Crippen molar-refractivity contribution in [3.8, 4) is 5.75 Å². The second-order valence-corrected chi connectivity index (χ2v) is 4.28. The molecule has 1 heterocycles. The summed E-state index contributed by atoms with van der Waals surface area (Å²) >= 11 is 0. The van der Waals surface area contributed by atoms with Crippen LogP contribution in [0.15, 0.2) is 30.5 Å². The highest BCUT2D eigenvalue weighted by atomic mass is 16.3. The first-order valence-corrected chi connectivity index (χ1v) is 5.92. The molecule has 0 aliphatic heterocycles. The zero-order valence-corrected chi connectivity index (χ0v) is 10.8. The van der Waals surface area contributed by atoms with Crippen LogP contribution >= 0.6 is 0 Å². The number of hydrogen-bond acceptors (Lipinski definition) is 4. The van der Waals surface area contributed by atoms with Gasteiger partial charge in [0.2, 0.25) is 0 Å². The molecule has 5 nitrogen and oxygen atoms in total. The normalized spacial score (nSPS) is 10.2. The molecule has 0 spiro atoms. The van der Waals surface area contributed by atoms with E-state index in [1.54, 1.807) is 38.2 Å². The number of phenols is 1. The predicted octanol–water partition coefficient (Wildman–Crippen LogP) is 1.73. The summed E-state index contributed by atoms with van der Waals surface area (Å²) in [4.78, 5) is 20.1. The first kappa shape index (κ1) is 13.0. The molecule has 0 aliphatic rings. The summed E-state index contributed by atoms with van der Waals surface area (Å²) < 4.78 is 0. The van der Waals surface area contributed by atoms with Gasteiger partial charge in [-0.3, -0.25) is 4.79 Å². The minimum Gasteiger partial charge on any atom is -0.508 e. The van der Waals surface area contributed by atoms with Gasteiger partial charge in [0.1, 0.15) is 11.6 Å². The minimum absolute atomic E-state index is 0.183. The Kier molecular flexibility index (Phi) is 3.75. The highest BCUT2D eigenvalue weighted by Gasteiger charge is 2.07. The molecule has 0 aliphatic carbocycles. The fourth-order valence-electron chi connectivity index (χ4n) is 1.67. The largest absolute Gasteiger partial charge is 0.508 e. The second-order valence-electron chi connectivity index (χ2n) is 4.28. The van der Waals surface area contributed by atoms with Crippen LogP contribution in [0.2, 0.25) is 0 Å². The number of benzene rings is 1. The molecule has 2 rings (SSSR count). The van der Waals surface area contributed by atoms with Gasteiger partial charge in [-0.1, -0.05) is 0 Å². The summed E-state index contributed by atoms with van der Waals surface area (Å²) in [5, 5.41) is 12.2. The van der Waals surface area contributed by atoms with Crippen molar-refractivity contribution in [2.45, 2.75) is 20.4 Å². The molecule has 1 aromatic heterocycles. The lowest BCUT2D eigenvalue weighted by Gasteiger charge is -2.06. The molecule has 0 atom stereocenters. The standard InChI is InChI=1S/C14H15N3O2/c1-9-7-11(3-4-13(9)18)14(19)16-8-12-5-6-15-10(2)17-12/h3-7,18H,8H2,1-2H3,(H,16,19). The highest BCUT2D eigenvalue weighted by Crippen LogP contribution is 2.16. The van der Waals surface area contributed by atoms with Crippen molar-refractivity contribution in [2.75, 3.05) is 0 Å². The topological polar surface area (TPSA) is 75.1 Å². The maximum Gasteiger partial charge on any atom is 0.251 e. The van der Waals surface area contributed by atoms with Gasteiger partial charge in [0, 0.05) is 11.8 Å². The van der Waals surface area contributed by atoms with Crippen LogP contribution in [0.4, 0.5) is 0 Å². The number of aryl methyl sites for hydroxylation is 2. The predicted molar refractivity (Wildman–Crippen MR) is 70.8 cm³/mol. The Labute approximate surface area is 111 Å². The van der Waals surface area contributed by atoms with Gasteiger partial charge in [-0.25, -0.2) is 9.97 Å². The van der Waals surface area contributed by atoms with Crippen molar-refractivity contribution < 1.29 is 9.90 Å². The summed E-state index contributed by atoms with van der Waals surface area (Å²) in [6.45, 7) is 3.90. The molecular weight excluding hydrogens is 242 g/mol. The van der Waals surface area contributed by atoms with Crippen LogP contribution in [-0.4, -0.2) is 21.0 Å². The van der Waals surface area contributed by atoms with Gasteiger partial charge in [-0.2, -0.15) is 0 Å². The van der Waals surface area contributed by atoms with E-state index in [-0.39, 0.29) is 11.7 Å². The van der Waals surface area contributed by atoms with E-state index in [0.29, 0.717) is 23.5 Å². The number of nitrogens with one attached hydrogen (secondary N) is 1. The van der Waals surface area contributed by atoms with Gasteiger partial charge in [0.15, 0.2) is 0 Å². The molecule has 0 saturated heterocycles. The number of carbonyl (C=O) groups is 1. The smallest absolute Gasteiger partial charge is 0.251 e. The molecule has 2 N–H and O–H groups in total. The average Bonchev–Trinajstić information content (AvgIpc) is 2.39. The van der Waals surface area contributed by atoms with E-state index >= 15 is 0 Å². The van der Waals surface area contributed by atoms with E-state index < -0.39 is 0 Å². The monoisotopic (exact) mass is 257 g/mol. The molecule has 0 radical (unpaired) electrons. The number of rotatable bonds is 3. The van der Waals surface area contributed by atoms with Crippen LogP contribution in [0, 0.1) is 13.8 Å². The van der Waals surface area contributed by atoms with Crippen molar-refractivity contribution in [2.24, 2.45) is 0 Å². The highest BCUT2D eigenvalue weighted by molar-refractivity contribution is 5.94. The Hall–Kier alpha value is -2.43. The van der Waals surface area contributed by atoms with Gasteiger partial charge in [-0.15, -0.1) is 0 Å². The molecule has 2 aromatic rings. The number of aromatic nitrogens is 2. The zero-order valence-electron chi connectivity index (χ0n) is 10.8. The number of hydrogen-bond donors (Lipinski definition) is 2. The molecule has 19 heavy (non-hydrogen) atoms. The number of amides is 1. The molecule has 0 unspecified atom stereocenters. The van der Waals surface area contributed by atoms with Crippen LogP contribution < -0.4 is 5.32 Å². The number of carbonyl (C=O) groups excluding carboxylic acids is 1. The van der Waals surface area contributed by atoms with E-state index in [0.717, 1.165) is 5.69 Å². The van der Waals surface area contributed by atoms with Gasteiger partial charge in [0.05, 0.1) is 12.2 Å². The lowest BCUT2D eigenvalue weighted by molar-refractivity contribution is 0.0950. The average molecular weight is 257 g/mol. The van der Waals surface area contributed by atoms with Crippen LogP contribution in [0.1, 0.15) is 27.4 Å². The summed E-state index contributed by atoms with van der Waals surface area (Å²) in [6.07, 6.45) is 1.66. The van der Waals surface area contributed by atoms with E-state index in [1.165, 1.54) is 6.07 Å². The van der Waals surface area contributed by atoms with Crippen molar-refractivity contribution >= 4 is 5.91 Å². The van der Waals surface area contributed by atoms with Crippen molar-refractivity contribution in [3.63, 3.8) is 0 Å². The Bertz CT molecular complexity index is 611. The van der Waals surface area contributed by atoms with E-state index in [9.17, 15) is 9.90 Å². The van der Waals surface area contributed by atoms with Crippen LogP contribution in [0.25, 0.3) is 0 Å². The van der Waals surface area contributed by atoms with Gasteiger partial charge in [0.25, 0.3) is 5.91 Å². The molecule has 98 valence electrons. The lowest BCUT2D eigenvalue weighted by atomic mass is 10.1. The van der Waals surface area contributed by atoms with Crippen molar-refractivity contribution in [1.82, 2.24) is 15.3 Å². The van der Waals surface area contributed by atoms with Gasteiger partial charge >= 0.3 is 0 Å². The fourth-order valence-corrected chi connectivity index (χ4v) is 1.67. The quantitative estimate of drug-likeness (QED) is 0.878. The Morgan fingerprint density at radius 1 is 1.32 bits per heavy atom. The molecule has 1 aromatic carbocycles. The molecule has 0 saturated carbocycles. The van der Waals surface area contributed by atoms with Gasteiger partial charge in [-0.05, 0) is 43.7 Å². The molecule has 1 amide bonds. The Morgan fingerprint density at radius 2 is 2.11 bits per heavy atom. The summed E-state index contributed by atoms with van der Waals surface area (Å²) in [5.41, 5.74) is 1.95. The zero-order chi connectivity index (χ0) is 13.8. The number of nitrogens with zero attached hydrogens (tertiary/aromatic N) is 2. The molecule has 5 heteroatoms. The van der Waals surface area contributed by atoms with Gasteiger partial charge < -0.3 is 10.4 Å². The summed E-state index contributed by atoms with van der Waals surface area (Å²) in [6, 6.07) is 6.51. The first-order valence-electron chi connectivity index (χ1n) is 5.92. The Morgan fingerprint density at radius 3 is 2.79 bits per heavy atom. The number of phenolic OH excluding ortho intramolecular Hbond substituents is 1. The van der Waals surface area contributed by atoms with E-state index in [4.69, 9.17) is 0 Å². The second kappa shape index (κ2) is 5.48. The fraction of sp³-hybridized carbons (Fsp3) is 0.214. The van der Waals surface area contributed by atoms with Crippen LogP contribution in [0.5, 0.6) is 5.75 Å². The third-order valence-corrected chi connectivity index (χ3v) is 2.72. The van der Waals surface area contributed by atoms with E-state index in [1.807, 2.05) is 0 Å². The molecule has 0 bridgehead atoms. The minimum atomic E-state index is -0.195. The Balaban J connectivity index is 2.03. The van der Waals surface area contributed by atoms with Crippen LogP contribution in [0.3, 0.4) is 0 Å². The van der Waals surface area contributed by atoms with Crippen LogP contribution in [-0.2, 0) is 6.54 Å².